The number of rotatable bonds is 3. The van der Waals surface area contributed by atoms with Crippen LogP contribution in [0.2, 0.25) is 0 Å². The van der Waals surface area contributed by atoms with Gasteiger partial charge in [-0.05, 0) is 30.3 Å². The fourth-order valence-corrected chi connectivity index (χ4v) is 2.36. The highest BCUT2D eigenvalue weighted by atomic mass is 15.5. The van der Waals surface area contributed by atoms with E-state index in [-0.39, 0.29) is 0 Å². The SMILES string of the molecule is CN(C)c1cccc(N=C2CCN(c3ccccc3)N2)c1. The number of benzene rings is 2. The quantitative estimate of drug-likeness (QED) is 0.936. The van der Waals surface area contributed by atoms with Crippen molar-refractivity contribution in [3.05, 3.63) is 54.6 Å². The van der Waals surface area contributed by atoms with Crippen LogP contribution in [0.4, 0.5) is 17.1 Å². The minimum Gasteiger partial charge on any atom is -0.378 e. The summed E-state index contributed by atoms with van der Waals surface area (Å²) >= 11 is 0. The zero-order valence-corrected chi connectivity index (χ0v) is 12.5. The van der Waals surface area contributed by atoms with E-state index in [2.05, 4.69) is 39.6 Å². The summed E-state index contributed by atoms with van der Waals surface area (Å²) < 4.78 is 0. The lowest BCUT2D eigenvalue weighted by atomic mass is 10.2. The molecule has 0 spiro atoms. The Labute approximate surface area is 125 Å². The van der Waals surface area contributed by atoms with Crippen molar-refractivity contribution in [1.82, 2.24) is 5.43 Å². The van der Waals surface area contributed by atoms with Gasteiger partial charge in [-0.15, -0.1) is 0 Å². The Morgan fingerprint density at radius 3 is 2.62 bits per heavy atom. The van der Waals surface area contributed by atoms with E-state index in [0.29, 0.717) is 0 Å². The Morgan fingerprint density at radius 2 is 1.86 bits per heavy atom. The molecule has 0 amide bonds. The summed E-state index contributed by atoms with van der Waals surface area (Å²) in [6, 6.07) is 18.6. The van der Waals surface area contributed by atoms with Gasteiger partial charge in [0.1, 0.15) is 5.84 Å². The Kier molecular flexibility index (Phi) is 3.77. The smallest absolute Gasteiger partial charge is 0.123 e. The number of para-hydroxylation sites is 1. The highest BCUT2D eigenvalue weighted by Crippen LogP contribution is 2.22. The van der Waals surface area contributed by atoms with Crippen molar-refractivity contribution in [2.24, 2.45) is 4.99 Å². The van der Waals surface area contributed by atoms with Crippen LogP contribution in [0.15, 0.2) is 59.6 Å². The molecule has 0 unspecified atom stereocenters. The van der Waals surface area contributed by atoms with Crippen LogP contribution in [0, 0.1) is 0 Å². The summed E-state index contributed by atoms with van der Waals surface area (Å²) in [6.07, 6.45) is 0.932. The highest BCUT2D eigenvalue weighted by Gasteiger charge is 2.17. The molecule has 0 radical (unpaired) electrons. The first-order valence-electron chi connectivity index (χ1n) is 7.16. The number of aliphatic imine (C=N–C) groups is 1. The number of nitrogens with one attached hydrogen (secondary N) is 1. The van der Waals surface area contributed by atoms with Crippen molar-refractivity contribution in [3.63, 3.8) is 0 Å². The molecule has 0 bridgehead atoms. The van der Waals surface area contributed by atoms with Crippen molar-refractivity contribution in [2.45, 2.75) is 6.42 Å². The van der Waals surface area contributed by atoms with Crippen molar-refractivity contribution in [3.8, 4) is 0 Å². The molecule has 1 N–H and O–H groups in total. The number of anilines is 2. The maximum atomic E-state index is 4.71. The van der Waals surface area contributed by atoms with Crippen molar-refractivity contribution in [2.75, 3.05) is 30.5 Å². The molecule has 0 saturated carbocycles. The van der Waals surface area contributed by atoms with Gasteiger partial charge in [-0.2, -0.15) is 0 Å². The van der Waals surface area contributed by atoms with Gasteiger partial charge in [0, 0.05) is 32.7 Å². The molecule has 3 rings (SSSR count). The van der Waals surface area contributed by atoms with Crippen LogP contribution in [-0.2, 0) is 0 Å². The van der Waals surface area contributed by atoms with Crippen LogP contribution < -0.4 is 15.3 Å². The fourth-order valence-electron chi connectivity index (χ4n) is 2.36. The van der Waals surface area contributed by atoms with Crippen LogP contribution in [0.1, 0.15) is 6.42 Å². The largest absolute Gasteiger partial charge is 0.378 e. The number of hydrazine groups is 1. The number of amidine groups is 1. The zero-order valence-electron chi connectivity index (χ0n) is 12.5. The van der Waals surface area contributed by atoms with Crippen molar-refractivity contribution >= 4 is 22.9 Å². The number of hydrogen-bond acceptors (Lipinski definition) is 3. The molecule has 4 nitrogen and oxygen atoms in total. The lowest BCUT2D eigenvalue weighted by molar-refractivity contribution is 0.858. The second-order valence-corrected chi connectivity index (χ2v) is 5.32. The lowest BCUT2D eigenvalue weighted by Gasteiger charge is -2.17. The first kappa shape index (κ1) is 13.5. The third-order valence-electron chi connectivity index (χ3n) is 3.51. The molecule has 4 heteroatoms. The van der Waals surface area contributed by atoms with Crippen LogP contribution in [-0.4, -0.2) is 26.5 Å². The van der Waals surface area contributed by atoms with E-state index >= 15 is 0 Å². The van der Waals surface area contributed by atoms with Gasteiger partial charge in [-0.1, -0.05) is 24.3 Å². The van der Waals surface area contributed by atoms with Crippen LogP contribution in [0.25, 0.3) is 0 Å². The van der Waals surface area contributed by atoms with Gasteiger partial charge in [-0.3, -0.25) is 10.4 Å². The summed E-state index contributed by atoms with van der Waals surface area (Å²) in [7, 11) is 4.08. The molecule has 1 heterocycles. The molecule has 1 fully saturated rings. The molecule has 0 aliphatic carbocycles. The van der Waals surface area contributed by atoms with E-state index in [1.807, 2.05) is 44.4 Å². The van der Waals surface area contributed by atoms with Gasteiger partial charge in [0.05, 0.1) is 11.4 Å². The van der Waals surface area contributed by atoms with E-state index in [4.69, 9.17) is 4.99 Å². The van der Waals surface area contributed by atoms with Gasteiger partial charge in [0.15, 0.2) is 0 Å². The standard InChI is InChI=1S/C17H20N4/c1-20(2)16-10-6-7-14(13-16)18-17-11-12-21(19-17)15-8-4-3-5-9-15/h3-10,13H,11-12H2,1-2H3,(H,18,19). The zero-order chi connectivity index (χ0) is 14.7. The normalized spacial score (nSPS) is 16.1. The summed E-state index contributed by atoms with van der Waals surface area (Å²) in [4.78, 5) is 6.80. The third-order valence-corrected chi connectivity index (χ3v) is 3.51. The van der Waals surface area contributed by atoms with Crippen molar-refractivity contribution in [1.29, 1.82) is 0 Å². The van der Waals surface area contributed by atoms with Gasteiger partial charge in [0.25, 0.3) is 0 Å². The Hall–Kier alpha value is -2.49. The molecule has 1 saturated heterocycles. The summed E-state index contributed by atoms with van der Waals surface area (Å²) in [5, 5.41) is 2.13. The lowest BCUT2D eigenvalue weighted by Crippen LogP contribution is -2.32. The topological polar surface area (TPSA) is 30.9 Å². The molecule has 108 valence electrons. The maximum Gasteiger partial charge on any atom is 0.123 e. The Morgan fingerprint density at radius 1 is 1.05 bits per heavy atom. The summed E-state index contributed by atoms with van der Waals surface area (Å²) in [6.45, 7) is 0.941. The molecule has 1 aliphatic rings. The monoisotopic (exact) mass is 280 g/mol. The van der Waals surface area contributed by atoms with Crippen LogP contribution in [0.3, 0.4) is 0 Å². The first-order valence-corrected chi connectivity index (χ1v) is 7.16. The van der Waals surface area contributed by atoms with Crippen LogP contribution in [0.5, 0.6) is 0 Å². The predicted molar refractivity (Wildman–Crippen MR) is 89.4 cm³/mol. The number of hydrogen-bond donors (Lipinski definition) is 1. The Bertz CT molecular complexity index is 634. The molecule has 2 aromatic rings. The third kappa shape index (κ3) is 3.16. The van der Waals surface area contributed by atoms with E-state index in [0.717, 1.165) is 30.2 Å². The van der Waals surface area contributed by atoms with Gasteiger partial charge in [0.2, 0.25) is 0 Å². The van der Waals surface area contributed by atoms with Gasteiger partial charge >= 0.3 is 0 Å². The van der Waals surface area contributed by atoms with Crippen molar-refractivity contribution < 1.29 is 0 Å². The van der Waals surface area contributed by atoms with Crippen LogP contribution >= 0.6 is 0 Å². The maximum absolute atomic E-state index is 4.71. The molecule has 0 atom stereocenters. The van der Waals surface area contributed by atoms with Gasteiger partial charge in [-0.25, -0.2) is 4.99 Å². The number of nitrogens with zero attached hydrogens (tertiary/aromatic N) is 3. The van der Waals surface area contributed by atoms with E-state index in [9.17, 15) is 0 Å². The average Bonchev–Trinajstić information content (AvgIpc) is 2.97. The predicted octanol–water partition coefficient (Wildman–Crippen LogP) is 3.20. The van der Waals surface area contributed by atoms with E-state index < -0.39 is 0 Å². The molecule has 0 aromatic heterocycles. The summed E-state index contributed by atoms with van der Waals surface area (Å²) in [5.74, 6) is 1.01. The highest BCUT2D eigenvalue weighted by molar-refractivity contribution is 5.89. The van der Waals surface area contributed by atoms with E-state index in [1.54, 1.807) is 0 Å². The summed E-state index contributed by atoms with van der Waals surface area (Å²) in [5.41, 5.74) is 6.69. The minimum atomic E-state index is 0.932. The first-order chi connectivity index (χ1) is 10.2. The fraction of sp³-hybridized carbons (Fsp3) is 0.235. The second kappa shape index (κ2) is 5.87. The van der Waals surface area contributed by atoms with Gasteiger partial charge < -0.3 is 4.90 Å². The molecular formula is C17H20N4. The molecule has 21 heavy (non-hydrogen) atoms. The molecular weight excluding hydrogens is 260 g/mol. The average molecular weight is 280 g/mol. The molecule has 2 aromatic carbocycles. The second-order valence-electron chi connectivity index (χ2n) is 5.32. The molecule has 1 aliphatic heterocycles. The Balaban J connectivity index is 1.75. The van der Waals surface area contributed by atoms with E-state index in [1.165, 1.54) is 5.69 Å². The minimum absolute atomic E-state index is 0.932.